The topological polar surface area (TPSA) is 57.4 Å². The molecule has 2 heterocycles. The molecule has 1 saturated heterocycles. The first kappa shape index (κ1) is 16.9. The largest absolute Gasteiger partial charge is 0.444 e. The van der Waals surface area contributed by atoms with Crippen LogP contribution in [0.15, 0.2) is 18.3 Å². The second kappa shape index (κ2) is 7.18. The second-order valence-electron chi connectivity index (χ2n) is 7.08. The third kappa shape index (κ3) is 4.77. The van der Waals surface area contributed by atoms with Crippen LogP contribution in [0.5, 0.6) is 0 Å². The van der Waals surface area contributed by atoms with Gasteiger partial charge in [-0.1, -0.05) is 0 Å². The lowest BCUT2D eigenvalue weighted by Gasteiger charge is -2.37. The Hall–Kier alpha value is -1.49. The summed E-state index contributed by atoms with van der Waals surface area (Å²) in [4.78, 5) is 17.5. The minimum absolute atomic E-state index is 0.188. The maximum atomic E-state index is 12.4. The predicted molar refractivity (Wildman–Crippen MR) is 87.8 cm³/mol. The van der Waals surface area contributed by atoms with E-state index in [0.717, 1.165) is 25.9 Å². The van der Waals surface area contributed by atoms with Gasteiger partial charge in [-0.3, -0.25) is 0 Å². The van der Waals surface area contributed by atoms with Crippen LogP contribution in [0.25, 0.3) is 0 Å². The van der Waals surface area contributed by atoms with E-state index >= 15 is 0 Å². The Bertz CT molecular complexity index is 465. The van der Waals surface area contributed by atoms with E-state index in [2.05, 4.69) is 23.3 Å². The van der Waals surface area contributed by atoms with Crippen molar-refractivity contribution in [2.24, 2.45) is 0 Å². The first-order valence-electron chi connectivity index (χ1n) is 8.23. The number of carbonyl (C=O) groups excluding carboxylic acids is 1. The number of rotatable bonds is 4. The molecule has 2 rings (SSSR count). The zero-order chi connectivity index (χ0) is 16.2. The molecular formula is C17H29N3O2. The highest BCUT2D eigenvalue weighted by molar-refractivity contribution is 5.68. The van der Waals surface area contributed by atoms with Crippen molar-refractivity contribution in [2.75, 3.05) is 13.1 Å². The summed E-state index contributed by atoms with van der Waals surface area (Å²) in [6.07, 6.45) is 5.00. The van der Waals surface area contributed by atoms with E-state index in [0.29, 0.717) is 0 Å². The number of aromatic amines is 1. The number of H-pyrrole nitrogens is 1. The molecule has 1 fully saturated rings. The fourth-order valence-corrected chi connectivity index (χ4v) is 2.81. The molecular weight excluding hydrogens is 278 g/mol. The summed E-state index contributed by atoms with van der Waals surface area (Å²) in [5, 5.41) is 3.52. The molecule has 0 bridgehead atoms. The Kier molecular flexibility index (Phi) is 5.51. The molecule has 0 spiro atoms. The van der Waals surface area contributed by atoms with Crippen LogP contribution in [0.2, 0.25) is 0 Å². The Balaban J connectivity index is 1.90. The molecule has 1 aliphatic heterocycles. The smallest absolute Gasteiger partial charge is 0.410 e. The molecule has 5 nitrogen and oxygen atoms in total. The summed E-state index contributed by atoms with van der Waals surface area (Å²) in [5.74, 6) is 0. The fourth-order valence-electron chi connectivity index (χ4n) is 2.81. The average molecular weight is 307 g/mol. The molecule has 0 radical (unpaired) electrons. The van der Waals surface area contributed by atoms with Crippen LogP contribution in [0.4, 0.5) is 4.79 Å². The summed E-state index contributed by atoms with van der Waals surface area (Å²) in [6.45, 7) is 9.45. The molecule has 2 N–H and O–H groups in total. The van der Waals surface area contributed by atoms with E-state index in [4.69, 9.17) is 4.74 Å². The summed E-state index contributed by atoms with van der Waals surface area (Å²) in [5.41, 5.74) is 0.726. The highest BCUT2D eigenvalue weighted by atomic mass is 16.6. The van der Waals surface area contributed by atoms with E-state index in [1.165, 1.54) is 12.1 Å². The molecule has 1 aromatic heterocycles. The number of hydrogen-bond acceptors (Lipinski definition) is 3. The quantitative estimate of drug-likeness (QED) is 0.895. The van der Waals surface area contributed by atoms with E-state index in [1.54, 1.807) is 0 Å². The number of likely N-dealkylation sites (tertiary alicyclic amines) is 1. The van der Waals surface area contributed by atoms with Gasteiger partial charge in [0, 0.05) is 37.1 Å². The SMILES string of the molecule is C[C@H](NC[C@H]1CCCCN1C(=O)OC(C)(C)C)c1ccc[nH]1. The van der Waals surface area contributed by atoms with Crippen molar-refractivity contribution in [3.63, 3.8) is 0 Å². The van der Waals surface area contributed by atoms with Gasteiger partial charge in [0.25, 0.3) is 0 Å². The monoisotopic (exact) mass is 307 g/mol. The molecule has 2 atom stereocenters. The van der Waals surface area contributed by atoms with Gasteiger partial charge in [0.1, 0.15) is 5.60 Å². The number of nitrogens with zero attached hydrogens (tertiary/aromatic N) is 1. The fraction of sp³-hybridized carbons (Fsp3) is 0.706. The zero-order valence-corrected chi connectivity index (χ0v) is 14.2. The van der Waals surface area contributed by atoms with Crippen molar-refractivity contribution in [2.45, 2.75) is 64.6 Å². The number of aromatic nitrogens is 1. The maximum Gasteiger partial charge on any atom is 0.410 e. The summed E-state index contributed by atoms with van der Waals surface area (Å²) in [7, 11) is 0. The van der Waals surface area contributed by atoms with Gasteiger partial charge in [0.05, 0.1) is 0 Å². The molecule has 124 valence electrons. The van der Waals surface area contributed by atoms with E-state index in [-0.39, 0.29) is 18.2 Å². The van der Waals surface area contributed by atoms with Crippen LogP contribution in [0, 0.1) is 0 Å². The summed E-state index contributed by atoms with van der Waals surface area (Å²) in [6, 6.07) is 4.53. The summed E-state index contributed by atoms with van der Waals surface area (Å²) >= 11 is 0. The molecule has 0 aliphatic carbocycles. The van der Waals surface area contributed by atoms with Crippen molar-refractivity contribution in [3.05, 3.63) is 24.0 Å². The molecule has 0 saturated carbocycles. The lowest BCUT2D eigenvalue weighted by Crippen LogP contribution is -2.50. The predicted octanol–water partition coefficient (Wildman–Crippen LogP) is 3.45. The Morgan fingerprint density at radius 2 is 2.27 bits per heavy atom. The molecule has 1 amide bonds. The lowest BCUT2D eigenvalue weighted by molar-refractivity contribution is 0.00969. The molecule has 22 heavy (non-hydrogen) atoms. The molecule has 1 aromatic rings. The van der Waals surface area contributed by atoms with Gasteiger partial charge in [-0.25, -0.2) is 4.79 Å². The van der Waals surface area contributed by atoms with E-state index in [1.807, 2.05) is 37.9 Å². The van der Waals surface area contributed by atoms with Gasteiger partial charge >= 0.3 is 6.09 Å². The first-order chi connectivity index (χ1) is 10.4. The average Bonchev–Trinajstić information content (AvgIpc) is 2.97. The van der Waals surface area contributed by atoms with Gasteiger partial charge in [-0.05, 0) is 59.1 Å². The van der Waals surface area contributed by atoms with Crippen LogP contribution in [0.1, 0.15) is 58.7 Å². The van der Waals surface area contributed by atoms with Gasteiger partial charge in [0.2, 0.25) is 0 Å². The molecule has 0 aromatic carbocycles. The minimum Gasteiger partial charge on any atom is -0.444 e. The van der Waals surface area contributed by atoms with Crippen LogP contribution in [0.3, 0.4) is 0 Å². The molecule has 1 aliphatic rings. The van der Waals surface area contributed by atoms with Crippen LogP contribution in [-0.2, 0) is 4.74 Å². The number of amides is 1. The van der Waals surface area contributed by atoms with Gasteiger partial charge in [-0.2, -0.15) is 0 Å². The Labute approximate surface area is 133 Å². The van der Waals surface area contributed by atoms with Crippen molar-refractivity contribution >= 4 is 6.09 Å². The highest BCUT2D eigenvalue weighted by Gasteiger charge is 2.30. The first-order valence-corrected chi connectivity index (χ1v) is 8.23. The zero-order valence-electron chi connectivity index (χ0n) is 14.2. The van der Waals surface area contributed by atoms with E-state index in [9.17, 15) is 4.79 Å². The maximum absolute atomic E-state index is 12.4. The van der Waals surface area contributed by atoms with Crippen molar-refractivity contribution < 1.29 is 9.53 Å². The number of carbonyl (C=O) groups is 1. The number of piperidine rings is 1. The van der Waals surface area contributed by atoms with Crippen LogP contribution < -0.4 is 5.32 Å². The Morgan fingerprint density at radius 1 is 1.50 bits per heavy atom. The third-order valence-electron chi connectivity index (χ3n) is 4.00. The highest BCUT2D eigenvalue weighted by Crippen LogP contribution is 2.21. The number of hydrogen-bond donors (Lipinski definition) is 2. The van der Waals surface area contributed by atoms with E-state index < -0.39 is 5.60 Å². The van der Waals surface area contributed by atoms with Crippen molar-refractivity contribution in [3.8, 4) is 0 Å². The molecule has 5 heteroatoms. The Morgan fingerprint density at radius 3 is 2.91 bits per heavy atom. The second-order valence-corrected chi connectivity index (χ2v) is 7.08. The van der Waals surface area contributed by atoms with Gasteiger partial charge in [-0.15, -0.1) is 0 Å². The third-order valence-corrected chi connectivity index (χ3v) is 4.00. The standard InChI is InChI=1S/C17H29N3O2/c1-13(15-9-7-10-18-15)19-12-14-8-5-6-11-20(14)16(21)22-17(2,3)4/h7,9-10,13-14,18-19H,5-6,8,11-12H2,1-4H3/t13-,14+/m0/s1. The van der Waals surface area contributed by atoms with Gasteiger partial charge in [0.15, 0.2) is 0 Å². The van der Waals surface area contributed by atoms with Crippen LogP contribution in [-0.4, -0.2) is 40.7 Å². The van der Waals surface area contributed by atoms with Gasteiger partial charge < -0.3 is 19.9 Å². The number of ether oxygens (including phenoxy) is 1. The number of nitrogens with one attached hydrogen (secondary N) is 2. The van der Waals surface area contributed by atoms with Crippen molar-refractivity contribution in [1.29, 1.82) is 0 Å². The molecule has 0 unspecified atom stereocenters. The van der Waals surface area contributed by atoms with Crippen LogP contribution >= 0.6 is 0 Å². The summed E-state index contributed by atoms with van der Waals surface area (Å²) < 4.78 is 5.54. The minimum atomic E-state index is -0.440. The lowest BCUT2D eigenvalue weighted by atomic mass is 10.0. The normalized spacial score (nSPS) is 20.7. The van der Waals surface area contributed by atoms with Crippen molar-refractivity contribution in [1.82, 2.24) is 15.2 Å².